The van der Waals surface area contributed by atoms with Crippen LogP contribution in [0.4, 0.5) is 5.69 Å². The van der Waals surface area contributed by atoms with E-state index < -0.39 is 0 Å². The van der Waals surface area contributed by atoms with Crippen LogP contribution in [-0.4, -0.2) is 61.5 Å². The molecule has 2 aromatic rings. The van der Waals surface area contributed by atoms with E-state index in [1.807, 2.05) is 48.6 Å². The van der Waals surface area contributed by atoms with E-state index in [-0.39, 0.29) is 0 Å². The molecule has 0 spiro atoms. The van der Waals surface area contributed by atoms with Gasteiger partial charge in [0.1, 0.15) is 0 Å². The number of aromatic nitrogens is 1. The van der Waals surface area contributed by atoms with Crippen molar-refractivity contribution < 1.29 is 4.74 Å². The van der Waals surface area contributed by atoms with Gasteiger partial charge in [0.15, 0.2) is 0 Å². The Balaban J connectivity index is 1.15. The van der Waals surface area contributed by atoms with E-state index in [1.54, 1.807) is 0 Å². The second-order valence-electron chi connectivity index (χ2n) is 7.45. The largest absolute Gasteiger partial charge is 0.478 e. The smallest absolute Gasteiger partial charge is 0.213 e. The lowest BCUT2D eigenvalue weighted by Crippen LogP contribution is -2.46. The minimum atomic E-state index is 0.615. The van der Waals surface area contributed by atoms with Crippen LogP contribution in [0.2, 0.25) is 10.0 Å². The highest BCUT2D eigenvalue weighted by Gasteiger charge is 2.19. The van der Waals surface area contributed by atoms with Crippen molar-refractivity contribution in [2.45, 2.75) is 12.8 Å². The Bertz CT molecular complexity index is 923. The number of aliphatic imine (C=N–C) groups is 1. The lowest BCUT2D eigenvalue weighted by Gasteiger charge is -2.36. The minimum Gasteiger partial charge on any atom is -0.478 e. The van der Waals surface area contributed by atoms with Gasteiger partial charge in [-0.15, -0.1) is 0 Å². The molecule has 1 aromatic carbocycles. The third-order valence-electron chi connectivity index (χ3n) is 5.39. The van der Waals surface area contributed by atoms with Crippen molar-refractivity contribution >= 4 is 34.6 Å². The Morgan fingerprint density at radius 3 is 2.60 bits per heavy atom. The Hall–Kier alpha value is -2.08. The highest BCUT2D eigenvalue weighted by atomic mass is 35.5. The molecular weight excluding hydrogens is 419 g/mol. The number of unbranched alkanes of at least 4 members (excludes halogenated alkanes) is 1. The average Bonchev–Trinajstić information content (AvgIpc) is 3.31. The predicted octanol–water partition coefficient (Wildman–Crippen LogP) is 4.73. The molecule has 30 heavy (non-hydrogen) atoms. The number of hydrogen-bond acceptors (Lipinski definition) is 5. The SMILES string of the molecule is Clc1cccc(N2CCN(CCCCOc3cccc(C4=NCC=C4)n3)CC2)c1Cl. The Morgan fingerprint density at radius 1 is 0.967 bits per heavy atom. The van der Waals surface area contributed by atoms with Gasteiger partial charge in [-0.1, -0.05) is 41.4 Å². The molecule has 0 N–H and O–H groups in total. The van der Waals surface area contributed by atoms with Crippen molar-refractivity contribution in [3.63, 3.8) is 0 Å². The second-order valence-corrected chi connectivity index (χ2v) is 8.23. The zero-order valence-corrected chi connectivity index (χ0v) is 18.4. The van der Waals surface area contributed by atoms with E-state index >= 15 is 0 Å². The van der Waals surface area contributed by atoms with Crippen LogP contribution in [0.1, 0.15) is 18.5 Å². The first-order chi connectivity index (χ1) is 14.7. The molecule has 0 saturated carbocycles. The van der Waals surface area contributed by atoms with Gasteiger partial charge in [-0.2, -0.15) is 0 Å². The number of allylic oxidation sites excluding steroid dienone is 1. The predicted molar refractivity (Wildman–Crippen MR) is 125 cm³/mol. The van der Waals surface area contributed by atoms with Crippen LogP contribution < -0.4 is 9.64 Å². The maximum atomic E-state index is 6.36. The van der Waals surface area contributed by atoms with Crippen LogP contribution in [-0.2, 0) is 0 Å². The van der Waals surface area contributed by atoms with Crippen LogP contribution >= 0.6 is 23.2 Å². The molecule has 0 amide bonds. The molecule has 0 atom stereocenters. The third kappa shape index (κ3) is 5.34. The second kappa shape index (κ2) is 10.3. The molecule has 158 valence electrons. The molecule has 0 aliphatic carbocycles. The van der Waals surface area contributed by atoms with E-state index in [0.717, 1.165) is 69.2 Å². The molecule has 1 aromatic heterocycles. The summed E-state index contributed by atoms with van der Waals surface area (Å²) in [5.74, 6) is 0.669. The highest BCUT2D eigenvalue weighted by Crippen LogP contribution is 2.32. The number of benzene rings is 1. The molecule has 2 aliphatic heterocycles. The van der Waals surface area contributed by atoms with Crippen LogP contribution in [0.25, 0.3) is 0 Å². The van der Waals surface area contributed by atoms with Gasteiger partial charge < -0.3 is 9.64 Å². The summed E-state index contributed by atoms with van der Waals surface area (Å²) in [6, 6.07) is 11.7. The first-order valence-electron chi connectivity index (χ1n) is 10.4. The maximum Gasteiger partial charge on any atom is 0.213 e. The first kappa shape index (κ1) is 21.2. The normalized spacial score (nSPS) is 16.7. The van der Waals surface area contributed by atoms with Gasteiger partial charge in [-0.3, -0.25) is 9.89 Å². The summed E-state index contributed by atoms with van der Waals surface area (Å²) in [5.41, 5.74) is 2.84. The van der Waals surface area contributed by atoms with Crippen molar-refractivity contribution in [3.8, 4) is 5.88 Å². The zero-order chi connectivity index (χ0) is 20.8. The van der Waals surface area contributed by atoms with Gasteiger partial charge in [0, 0.05) is 32.2 Å². The maximum absolute atomic E-state index is 6.36. The third-order valence-corrected chi connectivity index (χ3v) is 6.20. The summed E-state index contributed by atoms with van der Waals surface area (Å²) in [5, 5.41) is 1.27. The lowest BCUT2D eigenvalue weighted by molar-refractivity contribution is 0.236. The van der Waals surface area contributed by atoms with Crippen molar-refractivity contribution in [1.82, 2.24) is 9.88 Å². The van der Waals surface area contributed by atoms with E-state index in [9.17, 15) is 0 Å². The number of halogens is 2. The van der Waals surface area contributed by atoms with Crippen LogP contribution in [0.15, 0.2) is 53.5 Å². The Labute approximate surface area is 188 Å². The average molecular weight is 445 g/mol. The van der Waals surface area contributed by atoms with Gasteiger partial charge in [0.05, 0.1) is 40.3 Å². The minimum absolute atomic E-state index is 0.615. The summed E-state index contributed by atoms with van der Waals surface area (Å²) in [6.45, 7) is 6.48. The molecule has 1 fully saturated rings. The van der Waals surface area contributed by atoms with Crippen LogP contribution in [0, 0.1) is 0 Å². The number of hydrogen-bond donors (Lipinski definition) is 0. The van der Waals surface area contributed by atoms with Crippen molar-refractivity contribution in [3.05, 3.63) is 64.3 Å². The Morgan fingerprint density at radius 2 is 1.80 bits per heavy atom. The molecule has 3 heterocycles. The number of ether oxygens (including phenoxy) is 1. The fourth-order valence-corrected chi connectivity index (χ4v) is 4.15. The molecule has 5 nitrogen and oxygen atoms in total. The number of anilines is 1. The summed E-state index contributed by atoms with van der Waals surface area (Å²) < 4.78 is 5.85. The van der Waals surface area contributed by atoms with E-state index in [0.29, 0.717) is 22.5 Å². The van der Waals surface area contributed by atoms with Gasteiger partial charge in [-0.25, -0.2) is 4.98 Å². The molecule has 0 unspecified atom stereocenters. The molecule has 2 aliphatic rings. The molecule has 0 radical (unpaired) electrons. The van der Waals surface area contributed by atoms with E-state index in [2.05, 4.69) is 19.8 Å². The summed E-state index contributed by atoms with van der Waals surface area (Å²) in [4.78, 5) is 13.8. The zero-order valence-electron chi connectivity index (χ0n) is 16.9. The van der Waals surface area contributed by atoms with Crippen LogP contribution in [0.3, 0.4) is 0 Å². The molecule has 4 rings (SSSR count). The summed E-state index contributed by atoms with van der Waals surface area (Å²) in [7, 11) is 0. The summed E-state index contributed by atoms with van der Waals surface area (Å²) in [6.07, 6.45) is 6.15. The van der Waals surface area contributed by atoms with E-state index in [4.69, 9.17) is 27.9 Å². The van der Waals surface area contributed by atoms with Crippen molar-refractivity contribution in [2.24, 2.45) is 4.99 Å². The Kier molecular flexibility index (Phi) is 7.26. The summed E-state index contributed by atoms with van der Waals surface area (Å²) >= 11 is 12.5. The standard InChI is InChI=1S/C23H26Cl2N4O/c24-18-6-3-9-21(23(18)25)29-15-13-28(14-16-29)12-1-2-17-30-22-10-4-7-20(27-22)19-8-5-11-26-19/h3-10H,1-2,11-17H2. The first-order valence-corrected chi connectivity index (χ1v) is 11.2. The monoisotopic (exact) mass is 444 g/mol. The molecule has 0 bridgehead atoms. The number of pyridine rings is 1. The van der Waals surface area contributed by atoms with Gasteiger partial charge in [-0.05, 0) is 43.7 Å². The van der Waals surface area contributed by atoms with E-state index in [1.165, 1.54) is 0 Å². The fourth-order valence-electron chi connectivity index (χ4n) is 3.74. The van der Waals surface area contributed by atoms with Gasteiger partial charge in [0.2, 0.25) is 5.88 Å². The van der Waals surface area contributed by atoms with Crippen molar-refractivity contribution in [2.75, 3.05) is 50.8 Å². The van der Waals surface area contributed by atoms with Gasteiger partial charge >= 0.3 is 0 Å². The highest BCUT2D eigenvalue weighted by molar-refractivity contribution is 6.43. The molecule has 7 heteroatoms. The number of nitrogens with zero attached hydrogens (tertiary/aromatic N) is 4. The van der Waals surface area contributed by atoms with Gasteiger partial charge in [0.25, 0.3) is 0 Å². The topological polar surface area (TPSA) is 41.0 Å². The van der Waals surface area contributed by atoms with Crippen molar-refractivity contribution in [1.29, 1.82) is 0 Å². The molecule has 1 saturated heterocycles. The van der Waals surface area contributed by atoms with Crippen LogP contribution in [0.5, 0.6) is 5.88 Å². The number of rotatable bonds is 8. The fraction of sp³-hybridized carbons (Fsp3) is 0.391. The number of piperazine rings is 1. The molecular formula is C23H26Cl2N4O. The lowest BCUT2D eigenvalue weighted by atomic mass is 10.2. The quantitative estimate of drug-likeness (QED) is 0.551.